The molecule has 2 fully saturated rings. The molecular weight excluding hydrogens is 324 g/mol. The molecule has 130 valence electrons. The summed E-state index contributed by atoms with van der Waals surface area (Å²) in [5.41, 5.74) is 0.245. The maximum Gasteiger partial charge on any atom is 0.336 e. The Morgan fingerprint density at radius 1 is 1.28 bits per heavy atom. The summed E-state index contributed by atoms with van der Waals surface area (Å²) in [6.07, 6.45) is 0.927. The van der Waals surface area contributed by atoms with Crippen molar-refractivity contribution in [2.45, 2.75) is 37.6 Å². The zero-order chi connectivity index (χ0) is 17.6. The maximum atomic E-state index is 11.4. The number of ether oxygens (including phenoxy) is 3. The first-order chi connectivity index (χ1) is 11.9. The van der Waals surface area contributed by atoms with Crippen LogP contribution in [0.1, 0.15) is 19.8 Å². The van der Waals surface area contributed by atoms with Gasteiger partial charge in [-0.05, 0) is 25.1 Å². The molecule has 0 N–H and O–H groups in total. The highest BCUT2D eigenvalue weighted by Gasteiger charge is 2.54. The molecule has 2 saturated heterocycles. The lowest BCUT2D eigenvalue weighted by Gasteiger charge is -2.12. The summed E-state index contributed by atoms with van der Waals surface area (Å²) in [5, 5.41) is 0.836. The van der Waals surface area contributed by atoms with E-state index in [1.165, 1.54) is 6.07 Å². The van der Waals surface area contributed by atoms with Crippen LogP contribution in [0.5, 0.6) is 5.75 Å². The van der Waals surface area contributed by atoms with Gasteiger partial charge in [-0.3, -0.25) is 0 Å². The van der Waals surface area contributed by atoms with Gasteiger partial charge in [-0.2, -0.15) is 0 Å². The minimum atomic E-state index is -0.393. The number of cyclic esters (lactones) is 1. The Bertz CT molecular complexity index is 898. The molecule has 0 bridgehead atoms. The van der Waals surface area contributed by atoms with Crippen molar-refractivity contribution in [1.82, 2.24) is 0 Å². The van der Waals surface area contributed by atoms with Gasteiger partial charge in [-0.1, -0.05) is 6.58 Å². The number of fused-ring (bicyclic) bond motifs is 1. The molecule has 1 unspecified atom stereocenters. The summed E-state index contributed by atoms with van der Waals surface area (Å²) in [6, 6.07) is 8.45. The first kappa shape index (κ1) is 15.9. The van der Waals surface area contributed by atoms with Crippen molar-refractivity contribution in [3.8, 4) is 5.75 Å². The first-order valence-corrected chi connectivity index (χ1v) is 8.16. The summed E-state index contributed by atoms with van der Waals surface area (Å²) < 4.78 is 21.9. The van der Waals surface area contributed by atoms with E-state index in [1.54, 1.807) is 12.1 Å². The van der Waals surface area contributed by atoms with Crippen LogP contribution in [-0.4, -0.2) is 30.4 Å². The van der Waals surface area contributed by atoms with Gasteiger partial charge >= 0.3 is 11.6 Å². The quantitative estimate of drug-likeness (QED) is 0.360. The van der Waals surface area contributed by atoms with Gasteiger partial charge in [0.2, 0.25) is 0 Å². The maximum absolute atomic E-state index is 11.4. The van der Waals surface area contributed by atoms with E-state index in [2.05, 4.69) is 6.58 Å². The Morgan fingerprint density at radius 3 is 2.84 bits per heavy atom. The Morgan fingerprint density at radius 2 is 2.08 bits per heavy atom. The second-order valence-electron chi connectivity index (χ2n) is 6.72. The van der Waals surface area contributed by atoms with E-state index in [0.29, 0.717) is 36.4 Å². The Balaban J connectivity index is 1.35. The average molecular weight is 342 g/mol. The Labute approximate surface area is 144 Å². The third-order valence-corrected chi connectivity index (χ3v) is 4.70. The number of epoxide rings is 1. The van der Waals surface area contributed by atoms with E-state index < -0.39 is 5.63 Å². The minimum Gasteiger partial charge on any atom is -0.491 e. The van der Waals surface area contributed by atoms with Gasteiger partial charge < -0.3 is 18.6 Å². The van der Waals surface area contributed by atoms with Crippen LogP contribution < -0.4 is 10.4 Å². The molecule has 2 aliphatic heterocycles. The van der Waals surface area contributed by atoms with E-state index in [0.717, 1.165) is 5.39 Å². The SMILES string of the molecule is C=C1CC(C[C@@]2(C)O[C@@H]2COc2ccc3ccc(=O)oc3c2)OC1=O. The van der Waals surface area contributed by atoms with Crippen molar-refractivity contribution < 1.29 is 23.4 Å². The van der Waals surface area contributed by atoms with Gasteiger partial charge in [0.25, 0.3) is 0 Å². The largest absolute Gasteiger partial charge is 0.491 e. The zero-order valence-electron chi connectivity index (χ0n) is 13.8. The highest BCUT2D eigenvalue weighted by molar-refractivity contribution is 5.89. The number of rotatable bonds is 5. The van der Waals surface area contributed by atoms with Gasteiger partial charge in [-0.25, -0.2) is 9.59 Å². The average Bonchev–Trinajstić information content (AvgIpc) is 3.10. The Kier molecular flexibility index (Phi) is 3.65. The van der Waals surface area contributed by atoms with Gasteiger partial charge in [0, 0.05) is 35.9 Å². The van der Waals surface area contributed by atoms with Crippen LogP contribution in [0.15, 0.2) is 51.7 Å². The van der Waals surface area contributed by atoms with Crippen molar-refractivity contribution in [3.63, 3.8) is 0 Å². The normalized spacial score (nSPS) is 28.2. The highest BCUT2D eigenvalue weighted by atomic mass is 16.6. The number of hydrogen-bond donors (Lipinski definition) is 0. The fraction of sp³-hybridized carbons (Fsp3) is 0.368. The highest BCUT2D eigenvalue weighted by Crippen LogP contribution is 2.43. The van der Waals surface area contributed by atoms with Crippen molar-refractivity contribution in [3.05, 3.63) is 52.9 Å². The first-order valence-electron chi connectivity index (χ1n) is 8.16. The summed E-state index contributed by atoms with van der Waals surface area (Å²) in [5.74, 6) is 0.292. The predicted octanol–water partition coefficient (Wildman–Crippen LogP) is 2.59. The third kappa shape index (κ3) is 3.17. The smallest absolute Gasteiger partial charge is 0.336 e. The van der Waals surface area contributed by atoms with Crippen LogP contribution >= 0.6 is 0 Å². The van der Waals surface area contributed by atoms with Crippen molar-refractivity contribution in [1.29, 1.82) is 0 Å². The van der Waals surface area contributed by atoms with E-state index in [1.807, 2.05) is 19.1 Å². The number of carbonyl (C=O) groups excluding carboxylic acids is 1. The van der Waals surface area contributed by atoms with E-state index in [-0.39, 0.29) is 23.8 Å². The van der Waals surface area contributed by atoms with Gasteiger partial charge in [0.15, 0.2) is 0 Å². The Hall–Kier alpha value is -2.60. The fourth-order valence-electron chi connectivity index (χ4n) is 3.18. The lowest BCUT2D eigenvalue weighted by Crippen LogP contribution is -2.22. The molecule has 1 aromatic heterocycles. The zero-order valence-corrected chi connectivity index (χ0v) is 13.8. The van der Waals surface area contributed by atoms with Gasteiger partial charge in [-0.15, -0.1) is 0 Å². The molecule has 2 aliphatic rings. The molecule has 4 rings (SSSR count). The standard InChI is InChI=1S/C19H18O6/c1-11-7-14(23-18(11)21)9-19(2)16(25-19)10-22-13-5-3-12-4-6-17(20)24-15(12)8-13/h3-6,8,14,16H,1,7,9-10H2,2H3/t14?,16-,19-/m1/s1. The summed E-state index contributed by atoms with van der Waals surface area (Å²) in [4.78, 5) is 22.7. The third-order valence-electron chi connectivity index (χ3n) is 4.70. The molecule has 1 aromatic carbocycles. The second kappa shape index (κ2) is 5.74. The number of esters is 1. The summed E-state index contributed by atoms with van der Waals surface area (Å²) in [6.45, 7) is 6.05. The van der Waals surface area contributed by atoms with Crippen LogP contribution in [0, 0.1) is 0 Å². The molecule has 6 heteroatoms. The molecule has 0 amide bonds. The van der Waals surface area contributed by atoms with Gasteiger partial charge in [0.05, 0.1) is 5.60 Å². The van der Waals surface area contributed by atoms with Crippen LogP contribution in [0.4, 0.5) is 0 Å². The molecule has 25 heavy (non-hydrogen) atoms. The molecule has 6 nitrogen and oxygen atoms in total. The molecule has 3 atom stereocenters. The molecule has 2 aromatic rings. The number of carbonyl (C=O) groups is 1. The van der Waals surface area contributed by atoms with Gasteiger partial charge in [0.1, 0.15) is 30.1 Å². The van der Waals surface area contributed by atoms with Crippen LogP contribution in [0.3, 0.4) is 0 Å². The monoisotopic (exact) mass is 342 g/mol. The van der Waals surface area contributed by atoms with Crippen LogP contribution in [0.2, 0.25) is 0 Å². The topological polar surface area (TPSA) is 78.3 Å². The van der Waals surface area contributed by atoms with E-state index >= 15 is 0 Å². The predicted molar refractivity (Wildman–Crippen MR) is 89.5 cm³/mol. The number of benzene rings is 1. The van der Waals surface area contributed by atoms with Crippen molar-refractivity contribution in [2.24, 2.45) is 0 Å². The molecule has 0 radical (unpaired) electrons. The van der Waals surface area contributed by atoms with Crippen molar-refractivity contribution >= 4 is 16.9 Å². The molecule has 0 aliphatic carbocycles. The molecule has 3 heterocycles. The minimum absolute atomic E-state index is 0.0708. The lowest BCUT2D eigenvalue weighted by atomic mass is 9.98. The molecular formula is C19H18O6. The lowest BCUT2D eigenvalue weighted by molar-refractivity contribution is -0.139. The second-order valence-corrected chi connectivity index (χ2v) is 6.72. The van der Waals surface area contributed by atoms with E-state index in [4.69, 9.17) is 18.6 Å². The van der Waals surface area contributed by atoms with Crippen molar-refractivity contribution in [2.75, 3.05) is 6.61 Å². The fourth-order valence-corrected chi connectivity index (χ4v) is 3.18. The van der Waals surface area contributed by atoms with E-state index in [9.17, 15) is 9.59 Å². The summed E-state index contributed by atoms with van der Waals surface area (Å²) >= 11 is 0. The summed E-state index contributed by atoms with van der Waals surface area (Å²) in [7, 11) is 0. The number of hydrogen-bond acceptors (Lipinski definition) is 6. The molecule has 0 saturated carbocycles. The van der Waals surface area contributed by atoms with Crippen LogP contribution in [0.25, 0.3) is 11.0 Å². The van der Waals surface area contributed by atoms with Crippen LogP contribution in [-0.2, 0) is 14.3 Å². The molecule has 0 spiro atoms.